The summed E-state index contributed by atoms with van der Waals surface area (Å²) < 4.78 is 0. The van der Waals surface area contributed by atoms with Gasteiger partial charge in [0.15, 0.2) is 5.78 Å². The molecule has 1 amide bonds. The Morgan fingerprint density at radius 3 is 2.56 bits per heavy atom. The Morgan fingerprint density at radius 2 is 1.85 bits per heavy atom. The summed E-state index contributed by atoms with van der Waals surface area (Å²) in [6.07, 6.45) is 2.75. The molecule has 7 nitrogen and oxygen atoms in total. The third-order valence-electron chi connectivity index (χ3n) is 3.72. The van der Waals surface area contributed by atoms with Crippen molar-refractivity contribution in [2.24, 2.45) is 0 Å². The quantitative estimate of drug-likeness (QED) is 0.676. The first-order valence-corrected chi connectivity index (χ1v) is 8.07. The fourth-order valence-electron chi connectivity index (χ4n) is 2.35. The third kappa shape index (κ3) is 4.32. The van der Waals surface area contributed by atoms with Crippen molar-refractivity contribution in [2.75, 3.05) is 10.6 Å². The van der Waals surface area contributed by atoms with Crippen LogP contribution >= 0.6 is 0 Å². The first-order valence-electron chi connectivity index (χ1n) is 8.07. The maximum Gasteiger partial charge on any atom is 0.275 e. The van der Waals surface area contributed by atoms with Gasteiger partial charge in [0, 0.05) is 11.3 Å². The summed E-state index contributed by atoms with van der Waals surface area (Å²) in [6.45, 7) is 1.46. The number of hydrogen-bond acceptors (Lipinski definition) is 6. The number of anilines is 3. The van der Waals surface area contributed by atoms with Crippen LogP contribution in [0.4, 0.5) is 17.2 Å². The van der Waals surface area contributed by atoms with E-state index in [-0.39, 0.29) is 11.5 Å². The molecule has 0 fully saturated rings. The Balaban J connectivity index is 1.71. The van der Waals surface area contributed by atoms with Crippen LogP contribution in [0.3, 0.4) is 0 Å². The molecule has 0 saturated carbocycles. The monoisotopic (exact) mass is 357 g/mol. The van der Waals surface area contributed by atoms with Crippen LogP contribution in [0.25, 0.3) is 0 Å². The van der Waals surface area contributed by atoms with E-state index in [0.29, 0.717) is 28.3 Å². The zero-order chi connectivity index (χ0) is 19.2. The molecule has 0 aliphatic carbocycles. The van der Waals surface area contributed by atoms with Crippen LogP contribution in [0.1, 0.15) is 33.3 Å². The Hall–Kier alpha value is -4.05. The summed E-state index contributed by atoms with van der Waals surface area (Å²) >= 11 is 0. The molecule has 7 heteroatoms. The lowest BCUT2D eigenvalue weighted by Crippen LogP contribution is -2.14. The molecule has 0 radical (unpaired) electrons. The molecular formula is C20H15N5O2. The summed E-state index contributed by atoms with van der Waals surface area (Å²) in [6, 6.07) is 15.8. The van der Waals surface area contributed by atoms with Gasteiger partial charge in [-0.05, 0) is 31.2 Å². The van der Waals surface area contributed by atoms with E-state index in [9.17, 15) is 9.59 Å². The Morgan fingerprint density at radius 1 is 1.04 bits per heavy atom. The lowest BCUT2D eigenvalue weighted by atomic mass is 10.1. The number of nitrogens with zero attached hydrogens (tertiary/aromatic N) is 3. The molecule has 0 bridgehead atoms. The zero-order valence-electron chi connectivity index (χ0n) is 14.4. The molecule has 132 valence electrons. The second kappa shape index (κ2) is 7.89. The van der Waals surface area contributed by atoms with Crippen molar-refractivity contribution in [2.45, 2.75) is 6.92 Å². The number of para-hydroxylation sites is 1. The lowest BCUT2D eigenvalue weighted by Gasteiger charge is -2.08. The van der Waals surface area contributed by atoms with E-state index in [4.69, 9.17) is 5.26 Å². The number of nitrogens with one attached hydrogen (secondary N) is 2. The maximum absolute atomic E-state index is 12.3. The smallest absolute Gasteiger partial charge is 0.275 e. The molecule has 0 saturated heterocycles. The van der Waals surface area contributed by atoms with Gasteiger partial charge in [-0.15, -0.1) is 0 Å². The summed E-state index contributed by atoms with van der Waals surface area (Å²) in [7, 11) is 0. The van der Waals surface area contributed by atoms with E-state index in [0.717, 1.165) is 0 Å². The van der Waals surface area contributed by atoms with Gasteiger partial charge in [-0.1, -0.05) is 24.3 Å². The second-order valence-electron chi connectivity index (χ2n) is 5.66. The van der Waals surface area contributed by atoms with Crippen LogP contribution in [0.15, 0.2) is 60.9 Å². The molecule has 0 aliphatic rings. The molecule has 2 aromatic carbocycles. The van der Waals surface area contributed by atoms with Crippen molar-refractivity contribution in [1.82, 2.24) is 9.97 Å². The van der Waals surface area contributed by atoms with Gasteiger partial charge in [-0.2, -0.15) is 5.26 Å². The van der Waals surface area contributed by atoms with Gasteiger partial charge in [0.05, 0.1) is 23.6 Å². The Labute approximate surface area is 155 Å². The van der Waals surface area contributed by atoms with E-state index in [1.54, 1.807) is 48.5 Å². The van der Waals surface area contributed by atoms with Crippen LogP contribution in [0, 0.1) is 11.3 Å². The van der Waals surface area contributed by atoms with E-state index in [2.05, 4.69) is 26.7 Å². The average molecular weight is 357 g/mol. The third-order valence-corrected chi connectivity index (χ3v) is 3.72. The molecule has 3 rings (SSSR count). The fourth-order valence-corrected chi connectivity index (χ4v) is 2.35. The number of ketones is 1. The van der Waals surface area contributed by atoms with Gasteiger partial charge < -0.3 is 10.6 Å². The van der Waals surface area contributed by atoms with Crippen LogP contribution < -0.4 is 10.6 Å². The predicted octanol–water partition coefficient (Wildman–Crippen LogP) is 3.55. The molecule has 0 aliphatic heterocycles. The highest BCUT2D eigenvalue weighted by molar-refractivity contribution is 6.03. The number of benzene rings is 2. The first kappa shape index (κ1) is 17.8. The number of aromatic nitrogens is 2. The molecule has 0 unspecified atom stereocenters. The Bertz CT molecular complexity index is 1040. The molecule has 2 N–H and O–H groups in total. The van der Waals surface area contributed by atoms with Gasteiger partial charge in [0.2, 0.25) is 0 Å². The van der Waals surface area contributed by atoms with Crippen molar-refractivity contribution in [3.63, 3.8) is 0 Å². The SMILES string of the molecule is CC(=O)c1cccc(NC(=O)c2cnc(Nc3ccccc3C#N)cn2)c1. The van der Waals surface area contributed by atoms with Gasteiger partial charge in [0.25, 0.3) is 5.91 Å². The van der Waals surface area contributed by atoms with Crippen molar-refractivity contribution < 1.29 is 9.59 Å². The topological polar surface area (TPSA) is 108 Å². The minimum atomic E-state index is -0.438. The number of hydrogen-bond donors (Lipinski definition) is 2. The van der Waals surface area contributed by atoms with Gasteiger partial charge in [-0.25, -0.2) is 9.97 Å². The summed E-state index contributed by atoms with van der Waals surface area (Å²) in [5, 5.41) is 14.8. The number of carbonyl (C=O) groups is 2. The average Bonchev–Trinajstić information content (AvgIpc) is 2.69. The zero-order valence-corrected chi connectivity index (χ0v) is 14.4. The predicted molar refractivity (Wildman–Crippen MR) is 101 cm³/mol. The van der Waals surface area contributed by atoms with Crippen molar-refractivity contribution in [1.29, 1.82) is 5.26 Å². The number of rotatable bonds is 5. The summed E-state index contributed by atoms with van der Waals surface area (Å²) in [5.74, 6) is -0.112. The largest absolute Gasteiger partial charge is 0.338 e. The van der Waals surface area contributed by atoms with Crippen LogP contribution in [-0.4, -0.2) is 21.7 Å². The maximum atomic E-state index is 12.3. The van der Waals surface area contributed by atoms with E-state index in [1.807, 2.05) is 0 Å². The van der Waals surface area contributed by atoms with Crippen LogP contribution in [0.2, 0.25) is 0 Å². The normalized spacial score (nSPS) is 9.93. The lowest BCUT2D eigenvalue weighted by molar-refractivity contribution is 0.100. The van der Waals surface area contributed by atoms with Gasteiger partial charge >= 0.3 is 0 Å². The molecule has 1 heterocycles. The summed E-state index contributed by atoms with van der Waals surface area (Å²) in [4.78, 5) is 32.0. The number of amides is 1. The van der Waals surface area contributed by atoms with Crippen molar-refractivity contribution in [3.8, 4) is 6.07 Å². The van der Waals surface area contributed by atoms with Crippen LogP contribution in [0.5, 0.6) is 0 Å². The van der Waals surface area contributed by atoms with E-state index < -0.39 is 5.91 Å². The van der Waals surface area contributed by atoms with E-state index >= 15 is 0 Å². The number of nitriles is 1. The molecule has 3 aromatic rings. The van der Waals surface area contributed by atoms with Crippen molar-refractivity contribution >= 4 is 28.9 Å². The molecule has 0 atom stereocenters. The van der Waals surface area contributed by atoms with Gasteiger partial charge in [0.1, 0.15) is 17.6 Å². The standard InChI is InChI=1S/C20H15N5O2/c1-13(26)14-6-4-7-16(9-14)24-20(27)18-11-23-19(12-22-18)25-17-8-3-2-5-15(17)10-21/h2-9,11-12H,1H3,(H,23,25)(H,24,27). The van der Waals surface area contributed by atoms with E-state index in [1.165, 1.54) is 19.3 Å². The highest BCUT2D eigenvalue weighted by Gasteiger charge is 2.10. The van der Waals surface area contributed by atoms with Crippen molar-refractivity contribution in [3.05, 3.63) is 77.7 Å². The fraction of sp³-hybridized carbons (Fsp3) is 0.0500. The van der Waals surface area contributed by atoms with Gasteiger partial charge in [-0.3, -0.25) is 9.59 Å². The number of Topliss-reactive ketones (excluding diaryl/α,β-unsaturated/α-hetero) is 1. The molecule has 27 heavy (non-hydrogen) atoms. The second-order valence-corrected chi connectivity index (χ2v) is 5.66. The minimum Gasteiger partial charge on any atom is -0.338 e. The minimum absolute atomic E-state index is 0.0843. The number of carbonyl (C=O) groups excluding carboxylic acids is 2. The molecular weight excluding hydrogens is 342 g/mol. The molecule has 1 aromatic heterocycles. The highest BCUT2D eigenvalue weighted by atomic mass is 16.2. The van der Waals surface area contributed by atoms with Crippen LogP contribution in [-0.2, 0) is 0 Å². The highest BCUT2D eigenvalue weighted by Crippen LogP contribution is 2.18. The summed E-state index contributed by atoms with van der Waals surface area (Å²) in [5.41, 5.74) is 2.22. The molecule has 0 spiro atoms. The Kier molecular flexibility index (Phi) is 5.19. The first-order chi connectivity index (χ1) is 13.1.